The Labute approximate surface area is 168 Å². The molecule has 0 spiro atoms. The van der Waals surface area contributed by atoms with Crippen molar-refractivity contribution in [3.8, 4) is 0 Å². The van der Waals surface area contributed by atoms with Crippen molar-refractivity contribution < 1.29 is 19.4 Å². The lowest BCUT2D eigenvalue weighted by molar-refractivity contribution is -0.169. The summed E-state index contributed by atoms with van der Waals surface area (Å²) in [4.78, 5) is 20.7. The molecule has 0 unspecified atom stereocenters. The molecule has 3 aromatic rings. The van der Waals surface area contributed by atoms with Crippen LogP contribution in [0.2, 0.25) is 0 Å². The fourth-order valence-electron chi connectivity index (χ4n) is 3.82. The van der Waals surface area contributed by atoms with Gasteiger partial charge in [-0.05, 0) is 6.07 Å². The van der Waals surface area contributed by atoms with Gasteiger partial charge in [0, 0.05) is 25.2 Å². The van der Waals surface area contributed by atoms with E-state index in [2.05, 4.69) is 9.97 Å². The lowest BCUT2D eigenvalue weighted by Crippen LogP contribution is -2.44. The van der Waals surface area contributed by atoms with Crippen molar-refractivity contribution >= 4 is 46.1 Å². The van der Waals surface area contributed by atoms with E-state index in [1.807, 2.05) is 28.8 Å². The molecule has 0 atom stereocenters. The minimum atomic E-state index is -0.708. The van der Waals surface area contributed by atoms with Crippen LogP contribution in [-0.4, -0.2) is 44.4 Å². The van der Waals surface area contributed by atoms with Crippen LogP contribution in [0.5, 0.6) is 0 Å². The Kier molecular flexibility index (Phi) is 5.74. The highest BCUT2D eigenvalue weighted by molar-refractivity contribution is 6.06. The van der Waals surface area contributed by atoms with Crippen molar-refractivity contribution in [1.29, 1.82) is 0 Å². The van der Waals surface area contributed by atoms with Gasteiger partial charge >= 0.3 is 5.97 Å². The lowest BCUT2D eigenvalue weighted by atomic mass is 9.93. The first kappa shape index (κ1) is 20.3. The number of pyridine rings is 1. The van der Waals surface area contributed by atoms with Crippen LogP contribution in [0, 0.1) is 0 Å². The molecule has 2 aromatic heterocycles. The van der Waals surface area contributed by atoms with Crippen molar-refractivity contribution in [3.05, 3.63) is 30.1 Å². The number of nitrogen functional groups attached to an aromatic ring is 1. The minimum absolute atomic E-state index is 0. The van der Waals surface area contributed by atoms with E-state index < -0.39 is 5.60 Å². The molecule has 0 amide bonds. The Hall–Kier alpha value is -2.42. The molecule has 0 aliphatic carbocycles. The summed E-state index contributed by atoms with van der Waals surface area (Å²) in [5.74, 6) is 0.441. The zero-order valence-electron chi connectivity index (χ0n) is 15.6. The standard InChI is InChI=1S/C19H22N4O4.ClH/c1-12(25)27-19(6-8-26-9-7-19)11-23-15(10-24)22-16-17(23)13-4-2-3-5-14(13)21-18(16)20;/h2-5,24H,6-11H2,1H3,(H2,20,21);1H. The number of ether oxygens (including phenoxy) is 2. The van der Waals surface area contributed by atoms with Crippen LogP contribution in [-0.2, 0) is 27.4 Å². The maximum atomic E-state index is 11.8. The summed E-state index contributed by atoms with van der Waals surface area (Å²) in [6.45, 7) is 2.55. The van der Waals surface area contributed by atoms with E-state index >= 15 is 0 Å². The Morgan fingerprint density at radius 2 is 2.04 bits per heavy atom. The van der Waals surface area contributed by atoms with E-state index in [0.717, 1.165) is 16.4 Å². The number of anilines is 1. The second-order valence-corrected chi connectivity index (χ2v) is 6.87. The van der Waals surface area contributed by atoms with Gasteiger partial charge in [-0.15, -0.1) is 12.4 Å². The maximum Gasteiger partial charge on any atom is 0.303 e. The molecule has 3 N–H and O–H groups in total. The number of nitrogens with two attached hydrogens (primary N) is 1. The van der Waals surface area contributed by atoms with Crippen molar-refractivity contribution in [2.75, 3.05) is 18.9 Å². The topological polar surface area (TPSA) is 112 Å². The van der Waals surface area contributed by atoms with Crippen LogP contribution in [0.25, 0.3) is 21.9 Å². The summed E-state index contributed by atoms with van der Waals surface area (Å²) < 4.78 is 13.1. The number of aliphatic hydroxyl groups is 1. The first-order valence-electron chi connectivity index (χ1n) is 8.94. The highest BCUT2D eigenvalue weighted by Crippen LogP contribution is 2.33. The third kappa shape index (κ3) is 3.50. The summed E-state index contributed by atoms with van der Waals surface area (Å²) in [5, 5.41) is 10.8. The van der Waals surface area contributed by atoms with Gasteiger partial charge in [0.15, 0.2) is 5.82 Å². The monoisotopic (exact) mass is 406 g/mol. The molecule has 1 aliphatic heterocycles. The summed E-state index contributed by atoms with van der Waals surface area (Å²) in [7, 11) is 0. The van der Waals surface area contributed by atoms with E-state index in [0.29, 0.717) is 49.8 Å². The van der Waals surface area contributed by atoms with Crippen molar-refractivity contribution in [3.63, 3.8) is 0 Å². The molecular weight excluding hydrogens is 384 g/mol. The number of hydrogen-bond donors (Lipinski definition) is 2. The van der Waals surface area contributed by atoms with Gasteiger partial charge in [-0.1, -0.05) is 18.2 Å². The summed E-state index contributed by atoms with van der Waals surface area (Å²) >= 11 is 0. The van der Waals surface area contributed by atoms with Crippen molar-refractivity contribution in [2.45, 2.75) is 38.5 Å². The van der Waals surface area contributed by atoms with Crippen molar-refractivity contribution in [2.24, 2.45) is 0 Å². The number of carbonyl (C=O) groups excluding carboxylic acids is 1. The number of nitrogens with zero attached hydrogens (tertiary/aromatic N) is 3. The predicted octanol–water partition coefficient (Wildman–Crippen LogP) is 2.19. The SMILES string of the molecule is CC(=O)OC1(Cn2c(CO)nc3c(N)nc4ccccc4c32)CCOCC1.Cl. The van der Waals surface area contributed by atoms with E-state index in [9.17, 15) is 9.90 Å². The van der Waals surface area contributed by atoms with Gasteiger partial charge in [0.1, 0.15) is 23.5 Å². The molecule has 9 heteroatoms. The number of esters is 1. The van der Waals surface area contributed by atoms with Crippen LogP contribution in [0.3, 0.4) is 0 Å². The molecule has 28 heavy (non-hydrogen) atoms. The Balaban J connectivity index is 0.00000225. The summed E-state index contributed by atoms with van der Waals surface area (Å²) in [6, 6.07) is 7.66. The third-order valence-electron chi connectivity index (χ3n) is 5.04. The quantitative estimate of drug-likeness (QED) is 0.638. The van der Waals surface area contributed by atoms with E-state index in [4.69, 9.17) is 15.2 Å². The molecule has 0 saturated carbocycles. The fourth-order valence-corrected chi connectivity index (χ4v) is 3.82. The maximum absolute atomic E-state index is 11.8. The van der Waals surface area contributed by atoms with Gasteiger partial charge in [-0.2, -0.15) is 0 Å². The molecule has 1 aromatic carbocycles. The highest BCUT2D eigenvalue weighted by atomic mass is 35.5. The second kappa shape index (κ2) is 7.90. The smallest absolute Gasteiger partial charge is 0.303 e. The normalized spacial score (nSPS) is 16.1. The highest BCUT2D eigenvalue weighted by Gasteiger charge is 2.37. The van der Waals surface area contributed by atoms with E-state index in [1.54, 1.807) is 0 Å². The number of halogens is 1. The van der Waals surface area contributed by atoms with Gasteiger partial charge in [0.2, 0.25) is 0 Å². The zero-order chi connectivity index (χ0) is 19.0. The van der Waals surface area contributed by atoms with Gasteiger partial charge in [-0.25, -0.2) is 9.97 Å². The van der Waals surface area contributed by atoms with Crippen LogP contribution in [0.4, 0.5) is 5.82 Å². The predicted molar refractivity (Wildman–Crippen MR) is 107 cm³/mol. The number of aromatic nitrogens is 3. The zero-order valence-corrected chi connectivity index (χ0v) is 16.4. The number of rotatable bonds is 4. The minimum Gasteiger partial charge on any atom is -0.457 e. The van der Waals surface area contributed by atoms with E-state index in [-0.39, 0.29) is 25.0 Å². The first-order valence-corrected chi connectivity index (χ1v) is 8.94. The number of para-hydroxylation sites is 1. The van der Waals surface area contributed by atoms with Gasteiger partial charge in [0.05, 0.1) is 30.8 Å². The van der Waals surface area contributed by atoms with Crippen molar-refractivity contribution in [1.82, 2.24) is 14.5 Å². The molecule has 0 bridgehead atoms. The number of aliphatic hydroxyl groups excluding tert-OH is 1. The number of hydrogen-bond acceptors (Lipinski definition) is 7. The molecule has 150 valence electrons. The van der Waals surface area contributed by atoms with Gasteiger partial charge in [0.25, 0.3) is 0 Å². The van der Waals surface area contributed by atoms with Gasteiger partial charge in [-0.3, -0.25) is 4.79 Å². The largest absolute Gasteiger partial charge is 0.457 e. The summed E-state index contributed by atoms with van der Waals surface area (Å²) in [6.07, 6.45) is 1.16. The molecule has 1 fully saturated rings. The van der Waals surface area contributed by atoms with Crippen LogP contribution in [0.1, 0.15) is 25.6 Å². The lowest BCUT2D eigenvalue weighted by Gasteiger charge is -2.37. The molecule has 0 radical (unpaired) electrons. The van der Waals surface area contributed by atoms with Crippen LogP contribution < -0.4 is 5.73 Å². The average molecular weight is 407 g/mol. The molecular formula is C19H23ClN4O4. The first-order chi connectivity index (χ1) is 13.0. The second-order valence-electron chi connectivity index (χ2n) is 6.87. The molecule has 1 saturated heterocycles. The molecule has 4 rings (SSSR count). The van der Waals surface area contributed by atoms with Gasteiger partial charge < -0.3 is 24.9 Å². The Morgan fingerprint density at radius 1 is 1.32 bits per heavy atom. The number of imidazole rings is 1. The number of fused-ring (bicyclic) bond motifs is 3. The molecule has 1 aliphatic rings. The van der Waals surface area contributed by atoms with Crippen LogP contribution >= 0.6 is 12.4 Å². The Morgan fingerprint density at radius 3 is 2.71 bits per heavy atom. The molecule has 3 heterocycles. The molecule has 8 nitrogen and oxygen atoms in total. The number of carbonyl (C=O) groups is 1. The fraction of sp³-hybridized carbons (Fsp3) is 0.421. The Bertz CT molecular complexity index is 1010. The van der Waals surface area contributed by atoms with E-state index in [1.165, 1.54) is 6.92 Å². The third-order valence-corrected chi connectivity index (χ3v) is 5.04. The summed E-state index contributed by atoms with van der Waals surface area (Å²) in [5.41, 5.74) is 7.51. The average Bonchev–Trinajstić information content (AvgIpc) is 3.01. The van der Waals surface area contributed by atoms with Crippen LogP contribution in [0.15, 0.2) is 24.3 Å². The number of benzene rings is 1.